The molecule has 0 spiro atoms. The molecule has 0 radical (unpaired) electrons. The van der Waals surface area contributed by atoms with E-state index in [1.54, 1.807) is 0 Å². The lowest BCUT2D eigenvalue weighted by molar-refractivity contribution is -0.123. The van der Waals surface area contributed by atoms with Crippen molar-refractivity contribution in [1.29, 1.82) is 0 Å². The van der Waals surface area contributed by atoms with Gasteiger partial charge < -0.3 is 10.4 Å². The second-order valence-corrected chi connectivity index (χ2v) is 2.91. The summed E-state index contributed by atoms with van der Waals surface area (Å²) in [6, 6.07) is 0.817. The average Bonchev–Trinajstić information content (AvgIpc) is 2.13. The van der Waals surface area contributed by atoms with Crippen molar-refractivity contribution in [3.8, 4) is 0 Å². The second-order valence-electron chi connectivity index (χ2n) is 2.91. The zero-order chi connectivity index (χ0) is 11.6. The number of carbonyl (C=O) groups is 1. The highest BCUT2D eigenvalue weighted by Gasteiger charge is 2.14. The fourth-order valence-corrected chi connectivity index (χ4v) is 0.856. The molecule has 0 aliphatic heterocycles. The van der Waals surface area contributed by atoms with Crippen LogP contribution in [0.15, 0.2) is 12.1 Å². The molecule has 1 rings (SSSR count). The number of anilines is 1. The van der Waals surface area contributed by atoms with Crippen LogP contribution in [-0.2, 0) is 4.79 Å². The summed E-state index contributed by atoms with van der Waals surface area (Å²) in [6.45, 7) is 1.16. The number of hydrogen-bond donors (Lipinski definition) is 2. The van der Waals surface area contributed by atoms with Gasteiger partial charge >= 0.3 is 0 Å². The summed E-state index contributed by atoms with van der Waals surface area (Å²) >= 11 is 0. The molecule has 1 atom stereocenters. The van der Waals surface area contributed by atoms with E-state index in [1.165, 1.54) is 0 Å². The summed E-state index contributed by atoms with van der Waals surface area (Å²) < 4.78 is 38.1. The smallest absolute Gasteiger partial charge is 0.252 e. The van der Waals surface area contributed by atoms with Crippen LogP contribution in [0.3, 0.4) is 0 Å². The maximum absolute atomic E-state index is 13.0. The van der Waals surface area contributed by atoms with Gasteiger partial charge in [0.25, 0.3) is 5.91 Å². The van der Waals surface area contributed by atoms with Crippen molar-refractivity contribution in [2.45, 2.75) is 13.0 Å². The first-order valence-corrected chi connectivity index (χ1v) is 4.05. The SMILES string of the molecule is CC(O)C(=O)Nc1cc(F)c(F)cc1F. The molecular formula is C9H8F3NO2. The fourth-order valence-electron chi connectivity index (χ4n) is 0.856. The highest BCUT2D eigenvalue weighted by molar-refractivity contribution is 5.93. The molecule has 1 amide bonds. The molecule has 0 aromatic heterocycles. The van der Waals surface area contributed by atoms with Crippen molar-refractivity contribution < 1.29 is 23.1 Å². The van der Waals surface area contributed by atoms with E-state index in [9.17, 15) is 18.0 Å². The lowest BCUT2D eigenvalue weighted by Crippen LogP contribution is -2.25. The zero-order valence-corrected chi connectivity index (χ0v) is 7.72. The predicted octanol–water partition coefficient (Wildman–Crippen LogP) is 1.42. The van der Waals surface area contributed by atoms with Gasteiger partial charge in [0.2, 0.25) is 0 Å². The third-order valence-corrected chi connectivity index (χ3v) is 1.65. The van der Waals surface area contributed by atoms with Crippen LogP contribution in [-0.4, -0.2) is 17.1 Å². The monoisotopic (exact) mass is 219 g/mol. The van der Waals surface area contributed by atoms with Crippen molar-refractivity contribution in [3.05, 3.63) is 29.6 Å². The van der Waals surface area contributed by atoms with Crippen molar-refractivity contribution in [2.24, 2.45) is 0 Å². The van der Waals surface area contributed by atoms with E-state index in [-0.39, 0.29) is 0 Å². The summed E-state index contributed by atoms with van der Waals surface area (Å²) in [7, 11) is 0. The number of halogens is 3. The van der Waals surface area contributed by atoms with E-state index in [4.69, 9.17) is 5.11 Å². The molecule has 3 nitrogen and oxygen atoms in total. The standard InChI is InChI=1S/C9H8F3NO2/c1-4(14)9(15)13-8-3-6(11)5(10)2-7(8)12/h2-4,14H,1H3,(H,13,15). The number of carbonyl (C=O) groups excluding carboxylic acids is 1. The quantitative estimate of drug-likeness (QED) is 0.739. The molecule has 0 saturated carbocycles. The van der Waals surface area contributed by atoms with E-state index in [0.717, 1.165) is 6.92 Å². The third kappa shape index (κ3) is 2.69. The van der Waals surface area contributed by atoms with Crippen LogP contribution in [0.1, 0.15) is 6.92 Å². The Hall–Kier alpha value is -1.56. The summed E-state index contributed by atoms with van der Waals surface area (Å²) in [5.74, 6) is -4.64. The van der Waals surface area contributed by atoms with Gasteiger partial charge in [0, 0.05) is 12.1 Å². The van der Waals surface area contributed by atoms with Crippen molar-refractivity contribution in [1.82, 2.24) is 0 Å². The molecule has 0 aliphatic carbocycles. The van der Waals surface area contributed by atoms with Crippen LogP contribution >= 0.6 is 0 Å². The van der Waals surface area contributed by atoms with Gasteiger partial charge in [0.05, 0.1) is 5.69 Å². The van der Waals surface area contributed by atoms with Gasteiger partial charge in [-0.3, -0.25) is 4.79 Å². The molecule has 15 heavy (non-hydrogen) atoms. The first-order chi connectivity index (χ1) is 6.91. The minimum atomic E-state index is -1.36. The maximum atomic E-state index is 13.0. The molecule has 2 N–H and O–H groups in total. The molecule has 1 unspecified atom stereocenters. The molecule has 0 heterocycles. The van der Waals surface area contributed by atoms with E-state index in [2.05, 4.69) is 0 Å². The Bertz CT molecular complexity index is 393. The highest BCUT2D eigenvalue weighted by atomic mass is 19.2. The first kappa shape index (κ1) is 11.5. The Morgan fingerprint density at radius 3 is 2.33 bits per heavy atom. The van der Waals surface area contributed by atoms with Gasteiger partial charge in [-0.25, -0.2) is 13.2 Å². The average molecular weight is 219 g/mol. The summed E-state index contributed by atoms with van der Waals surface area (Å²) in [5, 5.41) is 10.7. The molecule has 0 bridgehead atoms. The third-order valence-electron chi connectivity index (χ3n) is 1.65. The maximum Gasteiger partial charge on any atom is 0.252 e. The fraction of sp³-hybridized carbons (Fsp3) is 0.222. The van der Waals surface area contributed by atoms with Gasteiger partial charge in [-0.2, -0.15) is 0 Å². The van der Waals surface area contributed by atoms with Crippen molar-refractivity contribution in [2.75, 3.05) is 5.32 Å². The van der Waals surface area contributed by atoms with Gasteiger partial charge in [0.1, 0.15) is 11.9 Å². The Labute approximate surface area is 83.5 Å². The Kier molecular flexibility index (Phi) is 3.31. The normalized spacial score (nSPS) is 12.3. The van der Waals surface area contributed by atoms with Crippen LogP contribution in [0.4, 0.5) is 18.9 Å². The van der Waals surface area contributed by atoms with E-state index in [0.29, 0.717) is 12.1 Å². The molecule has 82 valence electrons. The van der Waals surface area contributed by atoms with Gasteiger partial charge in [-0.05, 0) is 6.92 Å². The predicted molar refractivity (Wildman–Crippen MR) is 46.6 cm³/mol. The number of amides is 1. The lowest BCUT2D eigenvalue weighted by Gasteiger charge is -2.08. The van der Waals surface area contributed by atoms with Crippen LogP contribution in [0.25, 0.3) is 0 Å². The molecule has 0 fully saturated rings. The summed E-state index contributed by atoms with van der Waals surface area (Å²) in [6.07, 6.45) is -1.36. The number of nitrogens with one attached hydrogen (secondary N) is 1. The Morgan fingerprint density at radius 1 is 1.27 bits per heavy atom. The van der Waals surface area contributed by atoms with Crippen molar-refractivity contribution >= 4 is 11.6 Å². The zero-order valence-electron chi connectivity index (χ0n) is 7.72. The molecule has 1 aromatic rings. The van der Waals surface area contributed by atoms with E-state index in [1.807, 2.05) is 5.32 Å². The minimum Gasteiger partial charge on any atom is -0.384 e. The number of benzene rings is 1. The van der Waals surface area contributed by atoms with Crippen LogP contribution in [0.5, 0.6) is 0 Å². The first-order valence-electron chi connectivity index (χ1n) is 4.05. The van der Waals surface area contributed by atoms with E-state index >= 15 is 0 Å². The Morgan fingerprint density at radius 2 is 1.80 bits per heavy atom. The second kappa shape index (κ2) is 4.31. The lowest BCUT2D eigenvalue weighted by atomic mass is 10.2. The highest BCUT2D eigenvalue weighted by Crippen LogP contribution is 2.18. The van der Waals surface area contributed by atoms with Gasteiger partial charge in [-0.15, -0.1) is 0 Å². The summed E-state index contributed by atoms with van der Waals surface area (Å²) in [5.41, 5.74) is -0.514. The minimum absolute atomic E-state index is 0.312. The number of rotatable bonds is 2. The molecule has 0 saturated heterocycles. The largest absolute Gasteiger partial charge is 0.384 e. The molecule has 0 aliphatic rings. The van der Waals surface area contributed by atoms with Crippen molar-refractivity contribution in [3.63, 3.8) is 0 Å². The Balaban J connectivity index is 2.96. The number of hydrogen-bond acceptors (Lipinski definition) is 2. The summed E-state index contributed by atoms with van der Waals surface area (Å²) in [4.78, 5) is 10.9. The molecule has 6 heteroatoms. The topological polar surface area (TPSA) is 49.3 Å². The van der Waals surface area contributed by atoms with Crippen LogP contribution < -0.4 is 5.32 Å². The molecule has 1 aromatic carbocycles. The molecular weight excluding hydrogens is 211 g/mol. The van der Waals surface area contributed by atoms with E-state index < -0.39 is 35.2 Å². The van der Waals surface area contributed by atoms with Crippen LogP contribution in [0.2, 0.25) is 0 Å². The number of aliphatic hydroxyl groups excluding tert-OH is 1. The number of aliphatic hydroxyl groups is 1. The van der Waals surface area contributed by atoms with Gasteiger partial charge in [0.15, 0.2) is 11.6 Å². The van der Waals surface area contributed by atoms with Crippen LogP contribution in [0, 0.1) is 17.5 Å². The van der Waals surface area contributed by atoms with Gasteiger partial charge in [-0.1, -0.05) is 0 Å².